The van der Waals surface area contributed by atoms with Crippen molar-refractivity contribution in [3.63, 3.8) is 0 Å². The van der Waals surface area contributed by atoms with Gasteiger partial charge in [0.15, 0.2) is 0 Å². The van der Waals surface area contributed by atoms with Crippen molar-refractivity contribution in [1.29, 1.82) is 0 Å². The second kappa shape index (κ2) is 5.83. The van der Waals surface area contributed by atoms with Gasteiger partial charge in [-0.2, -0.15) is 0 Å². The van der Waals surface area contributed by atoms with Gasteiger partial charge in [0.05, 0.1) is 0 Å². The monoisotopic (exact) mass is 224 g/mol. The number of nitrogens with zero attached hydrogens (tertiary/aromatic N) is 1. The molecule has 0 aromatic rings. The van der Waals surface area contributed by atoms with E-state index in [1.54, 1.807) is 0 Å². The van der Waals surface area contributed by atoms with E-state index in [0.717, 1.165) is 19.0 Å². The molecule has 1 heterocycles. The summed E-state index contributed by atoms with van der Waals surface area (Å²) in [4.78, 5) is 2.53. The summed E-state index contributed by atoms with van der Waals surface area (Å²) in [5, 5.41) is 3.49. The number of nitrogens with one attached hydrogen (secondary N) is 1. The van der Waals surface area contributed by atoms with Crippen LogP contribution in [0.4, 0.5) is 0 Å². The van der Waals surface area contributed by atoms with E-state index in [2.05, 4.69) is 44.5 Å². The molecule has 1 aliphatic rings. The van der Waals surface area contributed by atoms with Crippen LogP contribution in [0.5, 0.6) is 0 Å². The molecule has 2 heteroatoms. The van der Waals surface area contributed by atoms with Crippen LogP contribution >= 0.6 is 0 Å². The van der Waals surface area contributed by atoms with E-state index in [0.29, 0.717) is 0 Å². The second-order valence-electron chi connectivity index (χ2n) is 6.31. The first-order valence-corrected chi connectivity index (χ1v) is 6.51. The molecule has 1 aliphatic heterocycles. The zero-order valence-corrected chi connectivity index (χ0v) is 11.5. The Balaban J connectivity index is 2.19. The molecule has 1 saturated heterocycles. The van der Waals surface area contributed by atoms with Crippen LogP contribution in [-0.2, 0) is 0 Å². The Morgan fingerprint density at radius 2 is 1.88 bits per heavy atom. The molecule has 0 spiro atoms. The summed E-state index contributed by atoms with van der Waals surface area (Å²) in [6.07, 6.45) is 2.69. The number of likely N-dealkylation sites (tertiary alicyclic amines) is 1. The molecule has 1 N–H and O–H groups in total. The van der Waals surface area contributed by atoms with Gasteiger partial charge in [-0.3, -0.25) is 4.90 Å². The number of piperidine rings is 1. The molecular weight excluding hydrogens is 196 g/mol. The average molecular weight is 224 g/mol. The van der Waals surface area contributed by atoms with Crippen LogP contribution in [0.15, 0.2) is 12.2 Å². The lowest BCUT2D eigenvalue weighted by Crippen LogP contribution is -2.40. The minimum Gasteiger partial charge on any atom is -0.308 e. The highest BCUT2D eigenvalue weighted by atomic mass is 15.1. The van der Waals surface area contributed by atoms with Crippen molar-refractivity contribution in [2.45, 2.75) is 46.1 Å². The van der Waals surface area contributed by atoms with E-state index in [1.165, 1.54) is 31.5 Å². The molecule has 1 fully saturated rings. The zero-order valence-electron chi connectivity index (χ0n) is 11.5. The lowest BCUT2D eigenvalue weighted by molar-refractivity contribution is 0.205. The molecule has 0 atom stereocenters. The quantitative estimate of drug-likeness (QED) is 0.739. The van der Waals surface area contributed by atoms with Gasteiger partial charge in [0.25, 0.3) is 0 Å². The summed E-state index contributed by atoms with van der Waals surface area (Å²) in [5.41, 5.74) is 1.50. The highest BCUT2D eigenvalue weighted by Crippen LogP contribution is 2.16. The summed E-state index contributed by atoms with van der Waals surface area (Å²) in [6, 6.07) is 0. The zero-order chi connectivity index (χ0) is 12.2. The molecule has 0 saturated carbocycles. The maximum absolute atomic E-state index is 4.17. The average Bonchev–Trinajstić information content (AvgIpc) is 2.18. The largest absolute Gasteiger partial charge is 0.308 e. The van der Waals surface area contributed by atoms with Crippen LogP contribution in [0.2, 0.25) is 0 Å². The number of hydrogen-bond acceptors (Lipinski definition) is 2. The Morgan fingerprint density at radius 1 is 1.31 bits per heavy atom. The summed E-state index contributed by atoms with van der Waals surface area (Å²) in [5.74, 6) is 0.914. The van der Waals surface area contributed by atoms with E-state index in [9.17, 15) is 0 Å². The van der Waals surface area contributed by atoms with Crippen LogP contribution in [0.1, 0.15) is 40.5 Å². The summed E-state index contributed by atoms with van der Waals surface area (Å²) >= 11 is 0. The van der Waals surface area contributed by atoms with E-state index in [1.807, 2.05) is 0 Å². The van der Waals surface area contributed by atoms with Crippen LogP contribution in [0.3, 0.4) is 0 Å². The molecule has 0 aromatic heterocycles. The fourth-order valence-electron chi connectivity index (χ4n) is 1.98. The maximum atomic E-state index is 4.17. The third kappa shape index (κ3) is 5.66. The smallest absolute Gasteiger partial charge is 0.0202 e. The van der Waals surface area contributed by atoms with Crippen molar-refractivity contribution in [2.24, 2.45) is 5.92 Å². The first-order chi connectivity index (χ1) is 7.37. The van der Waals surface area contributed by atoms with Crippen molar-refractivity contribution < 1.29 is 0 Å². The summed E-state index contributed by atoms with van der Waals surface area (Å²) in [7, 11) is 0. The molecule has 0 aromatic carbocycles. The van der Waals surface area contributed by atoms with Crippen LogP contribution in [0, 0.1) is 5.92 Å². The Hall–Kier alpha value is -0.340. The van der Waals surface area contributed by atoms with E-state index >= 15 is 0 Å². The Labute approximate surface area is 101 Å². The topological polar surface area (TPSA) is 15.3 Å². The van der Waals surface area contributed by atoms with Crippen molar-refractivity contribution in [3.8, 4) is 0 Å². The fourth-order valence-corrected chi connectivity index (χ4v) is 1.98. The molecule has 2 nitrogen and oxygen atoms in total. The molecule has 0 unspecified atom stereocenters. The minimum atomic E-state index is 0.194. The normalized spacial score (nSPS) is 20.0. The molecule has 94 valence electrons. The molecule has 0 amide bonds. The van der Waals surface area contributed by atoms with Gasteiger partial charge in [-0.15, -0.1) is 0 Å². The van der Waals surface area contributed by atoms with Gasteiger partial charge in [0.1, 0.15) is 0 Å². The first-order valence-electron chi connectivity index (χ1n) is 6.51. The van der Waals surface area contributed by atoms with Crippen LogP contribution in [0.25, 0.3) is 0 Å². The highest BCUT2D eigenvalue weighted by Gasteiger charge is 2.16. The van der Waals surface area contributed by atoms with Crippen molar-refractivity contribution in [2.75, 3.05) is 26.2 Å². The number of rotatable bonds is 4. The summed E-state index contributed by atoms with van der Waals surface area (Å²) < 4.78 is 0. The molecule has 0 radical (unpaired) electrons. The SMILES string of the molecule is C=C(CNC(C)(C)C)CN1CCC(C)CC1. The summed E-state index contributed by atoms with van der Waals surface area (Å²) in [6.45, 7) is 17.6. The molecule has 0 bridgehead atoms. The van der Waals surface area contributed by atoms with Crippen LogP contribution < -0.4 is 5.32 Å². The molecule has 1 rings (SSSR count). The van der Waals surface area contributed by atoms with Gasteiger partial charge in [0, 0.05) is 18.6 Å². The first kappa shape index (κ1) is 13.7. The van der Waals surface area contributed by atoms with E-state index in [4.69, 9.17) is 0 Å². The molecular formula is C14H28N2. The molecule has 16 heavy (non-hydrogen) atoms. The van der Waals surface area contributed by atoms with Gasteiger partial charge in [0.2, 0.25) is 0 Å². The molecule has 0 aliphatic carbocycles. The second-order valence-corrected chi connectivity index (χ2v) is 6.31. The highest BCUT2D eigenvalue weighted by molar-refractivity contribution is 5.01. The Morgan fingerprint density at radius 3 is 2.38 bits per heavy atom. The lowest BCUT2D eigenvalue weighted by atomic mass is 9.99. The maximum Gasteiger partial charge on any atom is 0.0202 e. The van der Waals surface area contributed by atoms with E-state index < -0.39 is 0 Å². The van der Waals surface area contributed by atoms with Gasteiger partial charge in [-0.05, 0) is 58.2 Å². The van der Waals surface area contributed by atoms with Crippen molar-refractivity contribution in [3.05, 3.63) is 12.2 Å². The Kier molecular flexibility index (Phi) is 5.00. The minimum absolute atomic E-state index is 0.194. The standard InChI is InChI=1S/C14H28N2/c1-12-6-8-16(9-7-12)11-13(2)10-15-14(3,4)5/h12,15H,2,6-11H2,1,3-5H3. The number of hydrogen-bond donors (Lipinski definition) is 1. The van der Waals surface area contributed by atoms with Crippen molar-refractivity contribution >= 4 is 0 Å². The van der Waals surface area contributed by atoms with Gasteiger partial charge < -0.3 is 5.32 Å². The third-order valence-corrected chi connectivity index (χ3v) is 3.19. The predicted molar refractivity (Wildman–Crippen MR) is 71.7 cm³/mol. The lowest BCUT2D eigenvalue weighted by Gasteiger charge is -2.31. The van der Waals surface area contributed by atoms with Crippen LogP contribution in [-0.4, -0.2) is 36.6 Å². The van der Waals surface area contributed by atoms with Gasteiger partial charge >= 0.3 is 0 Å². The third-order valence-electron chi connectivity index (χ3n) is 3.19. The fraction of sp³-hybridized carbons (Fsp3) is 0.857. The van der Waals surface area contributed by atoms with Crippen molar-refractivity contribution in [1.82, 2.24) is 10.2 Å². The van der Waals surface area contributed by atoms with Gasteiger partial charge in [-0.25, -0.2) is 0 Å². The Bertz CT molecular complexity index is 219. The van der Waals surface area contributed by atoms with E-state index in [-0.39, 0.29) is 5.54 Å². The predicted octanol–water partition coefficient (Wildman–Crippen LogP) is 2.66. The van der Waals surface area contributed by atoms with Gasteiger partial charge in [-0.1, -0.05) is 13.5 Å².